The minimum Gasteiger partial charge on any atom is -0.381 e. The maximum Gasteiger partial charge on any atom is 0.254 e. The fraction of sp³-hybridized carbons (Fsp3) is 0.526. The topological polar surface area (TPSA) is 55.3 Å². The summed E-state index contributed by atoms with van der Waals surface area (Å²) in [5, 5.41) is 0. The van der Waals surface area contributed by atoms with Crippen LogP contribution in [0.1, 0.15) is 41.0 Å². The summed E-state index contributed by atoms with van der Waals surface area (Å²) in [6.07, 6.45) is 3.29. The van der Waals surface area contributed by atoms with E-state index in [1.54, 1.807) is 0 Å². The molecule has 2 fully saturated rings. The molecule has 2 aromatic rings. The van der Waals surface area contributed by atoms with Gasteiger partial charge in [-0.25, -0.2) is 9.97 Å². The smallest absolute Gasteiger partial charge is 0.254 e. The number of rotatable bonds is 4. The van der Waals surface area contributed by atoms with Gasteiger partial charge in [-0.1, -0.05) is 0 Å². The Balaban J connectivity index is 1.61. The quantitative estimate of drug-likeness (QED) is 0.867. The number of carbonyl (C=O) groups excluding carboxylic acids is 1. The van der Waals surface area contributed by atoms with Crippen LogP contribution in [0.3, 0.4) is 0 Å². The van der Waals surface area contributed by atoms with Crippen molar-refractivity contribution in [2.24, 2.45) is 5.92 Å². The van der Waals surface area contributed by atoms with E-state index >= 15 is 0 Å². The molecule has 126 valence electrons. The highest BCUT2D eigenvalue weighted by Crippen LogP contribution is 2.30. The molecule has 2 heterocycles. The Morgan fingerprint density at radius 3 is 2.58 bits per heavy atom. The van der Waals surface area contributed by atoms with Gasteiger partial charge in [-0.3, -0.25) is 4.79 Å². The molecule has 4 rings (SSSR count). The number of amides is 1. The third-order valence-electron chi connectivity index (χ3n) is 5.05. The average molecular weight is 325 g/mol. The highest BCUT2D eigenvalue weighted by Gasteiger charge is 2.35. The maximum atomic E-state index is 13.0. The Hall–Kier alpha value is -2.01. The van der Waals surface area contributed by atoms with Gasteiger partial charge in [0.05, 0.1) is 29.0 Å². The Morgan fingerprint density at radius 1 is 1.17 bits per heavy atom. The molecule has 1 aromatic heterocycles. The number of aryl methyl sites for hydroxylation is 2. The molecule has 5 heteroatoms. The molecule has 0 N–H and O–H groups in total. The number of fused-ring (bicyclic) bond motifs is 1. The van der Waals surface area contributed by atoms with E-state index in [1.165, 1.54) is 0 Å². The van der Waals surface area contributed by atoms with Crippen molar-refractivity contribution in [1.29, 1.82) is 0 Å². The summed E-state index contributed by atoms with van der Waals surface area (Å²) in [4.78, 5) is 24.2. The van der Waals surface area contributed by atoms with Crippen LogP contribution >= 0.6 is 0 Å². The molecule has 1 aliphatic carbocycles. The molecule has 1 aliphatic heterocycles. The molecule has 0 spiro atoms. The second-order valence-corrected chi connectivity index (χ2v) is 7.02. The van der Waals surface area contributed by atoms with Crippen LogP contribution in [0.15, 0.2) is 18.2 Å². The zero-order chi connectivity index (χ0) is 16.7. The molecule has 0 radical (unpaired) electrons. The molecule has 0 bridgehead atoms. The summed E-state index contributed by atoms with van der Waals surface area (Å²) >= 11 is 0. The normalized spacial score (nSPS) is 20.5. The van der Waals surface area contributed by atoms with Gasteiger partial charge in [0.2, 0.25) is 0 Å². The zero-order valence-corrected chi connectivity index (χ0v) is 14.3. The third kappa shape index (κ3) is 3.00. The van der Waals surface area contributed by atoms with Crippen molar-refractivity contribution in [1.82, 2.24) is 14.9 Å². The van der Waals surface area contributed by atoms with Crippen LogP contribution < -0.4 is 0 Å². The summed E-state index contributed by atoms with van der Waals surface area (Å²) in [6.45, 7) is 6.31. The van der Waals surface area contributed by atoms with Crippen LogP contribution in [0.2, 0.25) is 0 Å². The van der Waals surface area contributed by atoms with E-state index in [9.17, 15) is 4.79 Å². The summed E-state index contributed by atoms with van der Waals surface area (Å²) in [5.41, 5.74) is 4.20. The largest absolute Gasteiger partial charge is 0.381 e. The number of carbonyl (C=O) groups is 1. The van der Waals surface area contributed by atoms with E-state index in [2.05, 4.69) is 14.9 Å². The number of hydrogen-bond donors (Lipinski definition) is 0. The van der Waals surface area contributed by atoms with Crippen molar-refractivity contribution in [2.75, 3.05) is 19.8 Å². The molecule has 0 unspecified atom stereocenters. The molecular weight excluding hydrogens is 302 g/mol. The first-order valence-corrected chi connectivity index (χ1v) is 8.75. The Morgan fingerprint density at radius 2 is 1.92 bits per heavy atom. The summed E-state index contributed by atoms with van der Waals surface area (Å²) < 4.78 is 5.47. The lowest BCUT2D eigenvalue weighted by atomic mass is 10.1. The first-order valence-electron chi connectivity index (χ1n) is 8.75. The Kier molecular flexibility index (Phi) is 3.96. The van der Waals surface area contributed by atoms with Crippen molar-refractivity contribution in [2.45, 2.75) is 39.2 Å². The van der Waals surface area contributed by atoms with Gasteiger partial charge in [0.25, 0.3) is 5.91 Å². The number of ether oxygens (including phenoxy) is 1. The van der Waals surface area contributed by atoms with Gasteiger partial charge in [-0.2, -0.15) is 0 Å². The predicted octanol–water partition coefficient (Wildman–Crippen LogP) is 2.89. The van der Waals surface area contributed by atoms with Crippen LogP contribution in [-0.2, 0) is 4.74 Å². The van der Waals surface area contributed by atoms with Crippen molar-refractivity contribution in [3.05, 3.63) is 35.2 Å². The van der Waals surface area contributed by atoms with Crippen molar-refractivity contribution in [3.8, 4) is 0 Å². The lowest BCUT2D eigenvalue weighted by Gasteiger charge is -2.25. The fourth-order valence-corrected chi connectivity index (χ4v) is 3.32. The molecule has 5 nitrogen and oxygen atoms in total. The van der Waals surface area contributed by atoms with Gasteiger partial charge >= 0.3 is 0 Å². The number of hydrogen-bond acceptors (Lipinski definition) is 4. The summed E-state index contributed by atoms with van der Waals surface area (Å²) in [6, 6.07) is 6.08. The molecular formula is C19H23N3O2. The highest BCUT2D eigenvalue weighted by molar-refractivity contribution is 5.97. The lowest BCUT2D eigenvalue weighted by molar-refractivity contribution is 0.0706. The third-order valence-corrected chi connectivity index (χ3v) is 5.05. The highest BCUT2D eigenvalue weighted by atomic mass is 16.5. The molecule has 1 atom stereocenters. The van der Waals surface area contributed by atoms with Crippen LogP contribution in [0.5, 0.6) is 0 Å². The van der Waals surface area contributed by atoms with Gasteiger partial charge in [-0.15, -0.1) is 0 Å². The van der Waals surface area contributed by atoms with Crippen LogP contribution in [0.25, 0.3) is 11.0 Å². The minimum absolute atomic E-state index is 0.117. The second kappa shape index (κ2) is 6.13. The molecule has 1 saturated heterocycles. The first-order chi connectivity index (χ1) is 11.6. The zero-order valence-electron chi connectivity index (χ0n) is 14.3. The van der Waals surface area contributed by atoms with Crippen molar-refractivity contribution >= 4 is 16.9 Å². The van der Waals surface area contributed by atoms with E-state index in [4.69, 9.17) is 4.74 Å². The molecule has 1 saturated carbocycles. The molecule has 2 aliphatic rings. The van der Waals surface area contributed by atoms with Crippen molar-refractivity contribution < 1.29 is 9.53 Å². The molecule has 24 heavy (non-hydrogen) atoms. The van der Waals surface area contributed by atoms with Gasteiger partial charge < -0.3 is 9.64 Å². The molecule has 1 aromatic carbocycles. The Bertz CT molecular complexity index is 780. The predicted molar refractivity (Wildman–Crippen MR) is 92.0 cm³/mol. The number of benzene rings is 1. The van der Waals surface area contributed by atoms with Crippen molar-refractivity contribution in [3.63, 3.8) is 0 Å². The minimum atomic E-state index is 0.117. The Labute approximate surface area is 142 Å². The monoisotopic (exact) mass is 325 g/mol. The lowest BCUT2D eigenvalue weighted by Crippen LogP contribution is -2.37. The van der Waals surface area contributed by atoms with E-state index < -0.39 is 0 Å². The van der Waals surface area contributed by atoms with E-state index in [0.717, 1.165) is 61.4 Å². The van der Waals surface area contributed by atoms with E-state index in [0.29, 0.717) is 17.5 Å². The van der Waals surface area contributed by atoms with Crippen LogP contribution in [0.4, 0.5) is 0 Å². The SMILES string of the molecule is Cc1nc2ccc(C(=O)N(C[C@H]3CCOC3)C3CC3)cc2nc1C. The van der Waals surface area contributed by atoms with Gasteiger partial charge in [-0.05, 0) is 51.3 Å². The maximum absolute atomic E-state index is 13.0. The van der Waals surface area contributed by atoms with Gasteiger partial charge in [0.15, 0.2) is 0 Å². The standard InChI is InChI=1S/C19H23N3O2/c1-12-13(2)21-18-9-15(3-6-17(18)20-12)19(23)22(16-4-5-16)10-14-7-8-24-11-14/h3,6,9,14,16H,4-5,7-8,10-11H2,1-2H3/t14-/m1/s1. The van der Waals surface area contributed by atoms with Gasteiger partial charge in [0, 0.05) is 30.7 Å². The summed E-state index contributed by atoms with van der Waals surface area (Å²) in [5.74, 6) is 0.589. The van der Waals surface area contributed by atoms with Crippen LogP contribution in [0, 0.1) is 19.8 Å². The van der Waals surface area contributed by atoms with Crippen LogP contribution in [-0.4, -0.2) is 46.6 Å². The molecule has 1 amide bonds. The fourth-order valence-electron chi connectivity index (χ4n) is 3.32. The first kappa shape index (κ1) is 15.5. The summed E-state index contributed by atoms with van der Waals surface area (Å²) in [7, 11) is 0. The average Bonchev–Trinajstić information content (AvgIpc) is 3.29. The van der Waals surface area contributed by atoms with E-state index in [-0.39, 0.29) is 5.91 Å². The van der Waals surface area contributed by atoms with Gasteiger partial charge in [0.1, 0.15) is 0 Å². The van der Waals surface area contributed by atoms with E-state index in [1.807, 2.05) is 32.0 Å². The number of nitrogens with zero attached hydrogens (tertiary/aromatic N) is 3. The number of aromatic nitrogens is 2. The second-order valence-electron chi connectivity index (χ2n) is 7.02.